The van der Waals surface area contributed by atoms with Gasteiger partial charge in [0.25, 0.3) is 5.56 Å². The molecule has 110 valence electrons. The summed E-state index contributed by atoms with van der Waals surface area (Å²) in [5, 5.41) is 2.95. The molecule has 0 radical (unpaired) electrons. The minimum atomic E-state index is -0.239. The Balaban J connectivity index is 1.97. The molecule has 2 rings (SSSR count). The van der Waals surface area contributed by atoms with Crippen LogP contribution in [0, 0.1) is 5.41 Å². The Bertz CT molecular complexity index is 565. The van der Waals surface area contributed by atoms with Gasteiger partial charge in [0.2, 0.25) is 5.91 Å². The molecule has 6 heteroatoms. The van der Waals surface area contributed by atoms with Crippen molar-refractivity contribution in [2.45, 2.75) is 39.0 Å². The Hall–Kier alpha value is -1.82. The van der Waals surface area contributed by atoms with Gasteiger partial charge in [0.05, 0.1) is 6.10 Å². The highest BCUT2D eigenvalue weighted by atomic mass is 16.5. The lowest BCUT2D eigenvalue weighted by Crippen LogP contribution is -2.62. The van der Waals surface area contributed by atoms with Crippen molar-refractivity contribution in [2.24, 2.45) is 5.41 Å². The minimum absolute atomic E-state index is 0.0197. The molecule has 1 aliphatic rings. The maximum Gasteiger partial charge on any atom is 0.251 e. The summed E-state index contributed by atoms with van der Waals surface area (Å²) in [6.07, 6.45) is 2.43. The topological polar surface area (TPSA) is 86.3 Å². The van der Waals surface area contributed by atoms with Crippen LogP contribution in [0.2, 0.25) is 0 Å². The van der Waals surface area contributed by atoms with Crippen molar-refractivity contribution in [1.82, 2.24) is 9.88 Å². The number of hydrogen-bond donors (Lipinski definition) is 2. The zero-order valence-corrected chi connectivity index (χ0v) is 12.1. The Kier molecular flexibility index (Phi) is 3.85. The number of pyridine rings is 1. The summed E-state index contributed by atoms with van der Waals surface area (Å²) >= 11 is 0. The number of methoxy groups -OCH3 is 1. The van der Waals surface area contributed by atoms with Gasteiger partial charge >= 0.3 is 0 Å². The van der Waals surface area contributed by atoms with Gasteiger partial charge < -0.3 is 20.4 Å². The van der Waals surface area contributed by atoms with E-state index in [0.717, 1.165) is 6.42 Å². The number of amides is 1. The zero-order chi connectivity index (χ0) is 14.9. The summed E-state index contributed by atoms with van der Waals surface area (Å²) in [7, 11) is 1.68. The van der Waals surface area contributed by atoms with E-state index in [1.807, 2.05) is 0 Å². The van der Waals surface area contributed by atoms with E-state index in [-0.39, 0.29) is 35.6 Å². The van der Waals surface area contributed by atoms with Crippen LogP contribution in [0.3, 0.4) is 0 Å². The molecule has 1 amide bonds. The third-order valence-electron chi connectivity index (χ3n) is 4.12. The number of carbonyl (C=O) groups excluding carboxylic acids is 1. The van der Waals surface area contributed by atoms with E-state index < -0.39 is 0 Å². The van der Waals surface area contributed by atoms with E-state index in [0.29, 0.717) is 5.69 Å². The molecule has 0 spiro atoms. The number of aromatic nitrogens is 1. The zero-order valence-electron chi connectivity index (χ0n) is 12.1. The second-order valence-corrected chi connectivity index (χ2v) is 5.83. The van der Waals surface area contributed by atoms with Crippen LogP contribution in [0.5, 0.6) is 0 Å². The molecule has 1 aromatic rings. The molecule has 1 fully saturated rings. The van der Waals surface area contributed by atoms with Crippen molar-refractivity contribution in [1.29, 1.82) is 0 Å². The van der Waals surface area contributed by atoms with Gasteiger partial charge in [0, 0.05) is 36.5 Å². The monoisotopic (exact) mass is 279 g/mol. The molecule has 3 N–H and O–H groups in total. The SMILES string of the molecule is COC1CC(NC(=O)Cn2cc(N)ccc2=O)C1(C)C. The molecule has 20 heavy (non-hydrogen) atoms. The predicted molar refractivity (Wildman–Crippen MR) is 76.2 cm³/mol. The first kappa shape index (κ1) is 14.6. The lowest BCUT2D eigenvalue weighted by Gasteiger charge is -2.51. The van der Waals surface area contributed by atoms with Crippen LogP contribution in [0.4, 0.5) is 5.69 Å². The summed E-state index contributed by atoms with van der Waals surface area (Å²) < 4.78 is 6.65. The summed E-state index contributed by atoms with van der Waals surface area (Å²) in [5.74, 6) is -0.190. The minimum Gasteiger partial charge on any atom is -0.398 e. The van der Waals surface area contributed by atoms with Gasteiger partial charge in [-0.3, -0.25) is 9.59 Å². The van der Waals surface area contributed by atoms with Crippen LogP contribution in [-0.2, 0) is 16.1 Å². The van der Waals surface area contributed by atoms with Crippen molar-refractivity contribution >= 4 is 11.6 Å². The summed E-state index contributed by atoms with van der Waals surface area (Å²) in [5.41, 5.74) is 5.74. The second-order valence-electron chi connectivity index (χ2n) is 5.83. The van der Waals surface area contributed by atoms with Gasteiger partial charge in [0.1, 0.15) is 6.54 Å². The molecule has 1 aliphatic carbocycles. The molecule has 1 heterocycles. The third kappa shape index (κ3) is 2.70. The Labute approximate surface area is 117 Å². The number of rotatable bonds is 4. The lowest BCUT2D eigenvalue weighted by molar-refractivity contribution is -0.133. The highest BCUT2D eigenvalue weighted by Crippen LogP contribution is 2.42. The van der Waals surface area contributed by atoms with Crippen molar-refractivity contribution in [3.05, 3.63) is 28.7 Å². The van der Waals surface area contributed by atoms with Crippen LogP contribution in [0.1, 0.15) is 20.3 Å². The van der Waals surface area contributed by atoms with Crippen LogP contribution in [0.15, 0.2) is 23.1 Å². The second kappa shape index (κ2) is 5.28. The van der Waals surface area contributed by atoms with E-state index in [4.69, 9.17) is 10.5 Å². The Morgan fingerprint density at radius 2 is 2.25 bits per heavy atom. The molecular formula is C14H21N3O3. The molecule has 0 aromatic carbocycles. The van der Waals surface area contributed by atoms with Crippen molar-refractivity contribution in [3.8, 4) is 0 Å². The average Bonchev–Trinajstić information content (AvgIpc) is 2.38. The summed E-state index contributed by atoms with van der Waals surface area (Å²) in [6, 6.07) is 2.95. The molecule has 0 aliphatic heterocycles. The highest BCUT2D eigenvalue weighted by molar-refractivity contribution is 5.76. The number of nitrogens with zero attached hydrogens (tertiary/aromatic N) is 1. The van der Waals surface area contributed by atoms with E-state index in [9.17, 15) is 9.59 Å². The van der Waals surface area contributed by atoms with Gasteiger partial charge in [-0.05, 0) is 12.5 Å². The van der Waals surface area contributed by atoms with Crippen LogP contribution < -0.4 is 16.6 Å². The van der Waals surface area contributed by atoms with Gasteiger partial charge in [0.15, 0.2) is 0 Å². The van der Waals surface area contributed by atoms with Crippen LogP contribution in [-0.4, -0.2) is 29.7 Å². The number of carbonyl (C=O) groups is 1. The fraction of sp³-hybridized carbons (Fsp3) is 0.571. The maximum atomic E-state index is 12.0. The molecule has 1 saturated carbocycles. The first-order chi connectivity index (χ1) is 9.34. The van der Waals surface area contributed by atoms with E-state index in [1.54, 1.807) is 7.11 Å². The maximum absolute atomic E-state index is 12.0. The molecule has 2 unspecified atom stereocenters. The molecule has 2 atom stereocenters. The number of hydrogen-bond acceptors (Lipinski definition) is 4. The highest BCUT2D eigenvalue weighted by Gasteiger charge is 2.49. The molecule has 0 bridgehead atoms. The first-order valence-corrected chi connectivity index (χ1v) is 6.62. The van der Waals surface area contributed by atoms with Gasteiger partial charge in [-0.1, -0.05) is 13.8 Å². The van der Waals surface area contributed by atoms with Crippen LogP contribution >= 0.6 is 0 Å². The number of nitrogens with one attached hydrogen (secondary N) is 1. The molecular weight excluding hydrogens is 258 g/mol. The molecule has 0 saturated heterocycles. The van der Waals surface area contributed by atoms with E-state index in [1.165, 1.54) is 22.9 Å². The van der Waals surface area contributed by atoms with Crippen molar-refractivity contribution in [3.63, 3.8) is 0 Å². The average molecular weight is 279 g/mol. The van der Waals surface area contributed by atoms with Crippen molar-refractivity contribution < 1.29 is 9.53 Å². The fourth-order valence-corrected chi connectivity index (χ4v) is 2.60. The summed E-state index contributed by atoms with van der Waals surface area (Å²) in [6.45, 7) is 4.10. The Morgan fingerprint density at radius 3 is 2.85 bits per heavy atom. The van der Waals surface area contributed by atoms with Gasteiger partial charge in [-0.25, -0.2) is 0 Å². The predicted octanol–water partition coefficient (Wildman–Crippen LogP) is 0.360. The Morgan fingerprint density at radius 1 is 1.55 bits per heavy atom. The lowest BCUT2D eigenvalue weighted by atomic mass is 9.64. The number of nitrogen functional groups attached to an aromatic ring is 1. The van der Waals surface area contributed by atoms with Crippen LogP contribution in [0.25, 0.3) is 0 Å². The fourth-order valence-electron chi connectivity index (χ4n) is 2.60. The molecule has 6 nitrogen and oxygen atoms in total. The largest absolute Gasteiger partial charge is 0.398 e. The van der Waals surface area contributed by atoms with E-state index in [2.05, 4.69) is 19.2 Å². The third-order valence-corrected chi connectivity index (χ3v) is 4.12. The number of nitrogens with two attached hydrogens (primary N) is 1. The number of anilines is 1. The first-order valence-electron chi connectivity index (χ1n) is 6.62. The molecule has 1 aromatic heterocycles. The number of ether oxygens (including phenoxy) is 1. The van der Waals surface area contributed by atoms with Crippen molar-refractivity contribution in [2.75, 3.05) is 12.8 Å². The van der Waals surface area contributed by atoms with Gasteiger partial charge in [-0.2, -0.15) is 0 Å². The quantitative estimate of drug-likeness (QED) is 0.833. The standard InChI is InChI=1S/C14H21N3O3/c1-14(2)10(6-11(14)20-3)16-12(18)8-17-7-9(15)4-5-13(17)19/h4-5,7,10-11H,6,8,15H2,1-3H3,(H,16,18). The van der Waals surface area contributed by atoms with E-state index >= 15 is 0 Å². The normalized spacial score (nSPS) is 23.9. The van der Waals surface area contributed by atoms with Gasteiger partial charge in [-0.15, -0.1) is 0 Å². The smallest absolute Gasteiger partial charge is 0.251 e. The summed E-state index contributed by atoms with van der Waals surface area (Å²) in [4.78, 5) is 23.6.